The van der Waals surface area contributed by atoms with Crippen LogP contribution in [-0.4, -0.2) is 93.9 Å². The van der Waals surface area contributed by atoms with Crippen molar-refractivity contribution in [3.63, 3.8) is 0 Å². The number of carbonyl (C=O) groups is 2. The number of carbonyl (C=O) groups excluding carboxylic acids is 2. The molecule has 0 spiro atoms. The number of aromatic nitrogens is 3. The molecular weight excluding hydrogens is 499 g/mol. The second-order valence-corrected chi connectivity index (χ2v) is 10.2. The number of aliphatic hydroxyl groups is 1. The van der Waals surface area contributed by atoms with Gasteiger partial charge in [0.2, 0.25) is 11.8 Å². The van der Waals surface area contributed by atoms with E-state index in [2.05, 4.69) is 25.2 Å². The van der Waals surface area contributed by atoms with Gasteiger partial charge in [-0.1, -0.05) is 0 Å². The van der Waals surface area contributed by atoms with Crippen LogP contribution in [0.3, 0.4) is 0 Å². The van der Waals surface area contributed by atoms with E-state index >= 15 is 0 Å². The molecule has 5 heterocycles. The van der Waals surface area contributed by atoms with Crippen molar-refractivity contribution >= 4 is 40.4 Å². The lowest BCUT2D eigenvalue weighted by Gasteiger charge is -2.23. The molecule has 0 aromatic carbocycles. The molecule has 2 aliphatic rings. The van der Waals surface area contributed by atoms with Crippen LogP contribution in [0.2, 0.25) is 0 Å². The van der Waals surface area contributed by atoms with Gasteiger partial charge in [-0.15, -0.1) is 11.8 Å². The second-order valence-electron chi connectivity index (χ2n) is 9.21. The van der Waals surface area contributed by atoms with Crippen molar-refractivity contribution in [2.75, 3.05) is 51.4 Å². The average molecular weight is 527 g/mol. The fraction of sp³-hybridized carbons (Fsp3) is 0.400. The van der Waals surface area contributed by atoms with Crippen LogP contribution in [0.15, 0.2) is 35.4 Å². The SMILES string of the molecule is COc1ccc2ncc(F)c(CCN3CC(O)C(CN(C)C(=O)c4ccc5c(n4)NC(=O)CS5)C3)c2n1. The quantitative estimate of drug-likeness (QED) is 0.475. The van der Waals surface area contributed by atoms with Crippen molar-refractivity contribution in [3.05, 3.63) is 47.5 Å². The minimum atomic E-state index is -0.625. The number of methoxy groups -OCH3 is 1. The van der Waals surface area contributed by atoms with Crippen molar-refractivity contribution in [1.29, 1.82) is 0 Å². The van der Waals surface area contributed by atoms with E-state index in [-0.39, 0.29) is 23.4 Å². The number of nitrogens with zero attached hydrogens (tertiary/aromatic N) is 5. The summed E-state index contributed by atoms with van der Waals surface area (Å²) in [5.41, 5.74) is 1.74. The second kappa shape index (κ2) is 10.6. The lowest BCUT2D eigenvalue weighted by molar-refractivity contribution is -0.113. The molecule has 2 amide bonds. The van der Waals surface area contributed by atoms with Gasteiger partial charge in [0.1, 0.15) is 17.3 Å². The number of fused-ring (bicyclic) bond motifs is 2. The number of pyridine rings is 3. The monoisotopic (exact) mass is 526 g/mol. The Bertz CT molecular complexity index is 1360. The van der Waals surface area contributed by atoms with Crippen LogP contribution in [0.1, 0.15) is 16.1 Å². The van der Waals surface area contributed by atoms with Gasteiger partial charge in [0.15, 0.2) is 0 Å². The number of hydrogen-bond donors (Lipinski definition) is 2. The Balaban J connectivity index is 1.21. The third-order valence-electron chi connectivity index (χ3n) is 6.66. The van der Waals surface area contributed by atoms with E-state index in [1.54, 1.807) is 31.3 Å². The number of β-amino-alcohol motifs (C(OH)–C–C–N with tert-alkyl or cyclic N) is 1. The predicted octanol–water partition coefficient (Wildman–Crippen LogP) is 1.82. The van der Waals surface area contributed by atoms with E-state index in [0.717, 1.165) is 4.90 Å². The van der Waals surface area contributed by atoms with Crippen LogP contribution in [0.5, 0.6) is 5.88 Å². The molecule has 1 fully saturated rings. The maximum atomic E-state index is 14.6. The molecule has 37 heavy (non-hydrogen) atoms. The number of amides is 2. The summed E-state index contributed by atoms with van der Waals surface area (Å²) in [4.78, 5) is 41.9. The van der Waals surface area contributed by atoms with E-state index in [0.29, 0.717) is 66.6 Å². The number of likely N-dealkylation sites (tertiary alicyclic amines) is 1. The van der Waals surface area contributed by atoms with E-state index < -0.39 is 11.9 Å². The Morgan fingerprint density at radius 2 is 2.14 bits per heavy atom. The first-order valence-corrected chi connectivity index (χ1v) is 12.9. The molecule has 0 aliphatic carbocycles. The van der Waals surface area contributed by atoms with Crippen LogP contribution in [0.25, 0.3) is 11.0 Å². The molecule has 2 N–H and O–H groups in total. The Morgan fingerprint density at radius 3 is 2.95 bits per heavy atom. The minimum absolute atomic E-state index is 0.147. The first-order chi connectivity index (χ1) is 17.8. The van der Waals surface area contributed by atoms with Gasteiger partial charge in [-0.3, -0.25) is 19.5 Å². The van der Waals surface area contributed by atoms with Gasteiger partial charge in [-0.2, -0.15) is 0 Å². The average Bonchev–Trinajstić information content (AvgIpc) is 3.25. The van der Waals surface area contributed by atoms with Gasteiger partial charge in [-0.25, -0.2) is 14.4 Å². The molecule has 10 nitrogen and oxygen atoms in total. The van der Waals surface area contributed by atoms with Crippen LogP contribution in [0.4, 0.5) is 10.2 Å². The zero-order valence-electron chi connectivity index (χ0n) is 20.5. The summed E-state index contributed by atoms with van der Waals surface area (Å²) < 4.78 is 19.8. The zero-order chi connectivity index (χ0) is 26.1. The van der Waals surface area contributed by atoms with E-state index in [9.17, 15) is 19.1 Å². The summed E-state index contributed by atoms with van der Waals surface area (Å²) >= 11 is 1.38. The van der Waals surface area contributed by atoms with Gasteiger partial charge in [0, 0.05) is 50.8 Å². The Hall–Kier alpha value is -3.35. The van der Waals surface area contributed by atoms with Crippen molar-refractivity contribution in [2.45, 2.75) is 17.4 Å². The van der Waals surface area contributed by atoms with Crippen LogP contribution >= 0.6 is 11.8 Å². The van der Waals surface area contributed by atoms with Crippen molar-refractivity contribution < 1.29 is 23.8 Å². The minimum Gasteiger partial charge on any atom is -0.481 e. The number of rotatable bonds is 7. The molecular formula is C25H27FN6O4S. The fourth-order valence-electron chi connectivity index (χ4n) is 4.72. The first-order valence-electron chi connectivity index (χ1n) is 11.9. The zero-order valence-corrected chi connectivity index (χ0v) is 21.3. The molecule has 2 aliphatic heterocycles. The summed E-state index contributed by atoms with van der Waals surface area (Å²) in [6.07, 6.45) is 0.967. The third kappa shape index (κ3) is 5.36. The predicted molar refractivity (Wildman–Crippen MR) is 136 cm³/mol. The van der Waals surface area contributed by atoms with Gasteiger partial charge in [0.25, 0.3) is 5.91 Å². The van der Waals surface area contributed by atoms with Gasteiger partial charge in [0.05, 0.1) is 41.1 Å². The summed E-state index contributed by atoms with van der Waals surface area (Å²) in [6.45, 7) is 1.84. The first kappa shape index (κ1) is 25.3. The normalized spacial score (nSPS) is 19.5. The van der Waals surface area contributed by atoms with Crippen LogP contribution in [-0.2, 0) is 11.2 Å². The standard InChI is InChI=1S/C25H27FN6O4S/c1-31(25(35)18-3-5-20-24(28-18)29-21(34)13-37-20)10-14-11-32(12-19(14)33)8-7-15-16(26)9-27-17-4-6-22(36-2)30-23(15)17/h3-6,9,14,19,33H,7-8,10-13H2,1-2H3,(H,28,29,34). The van der Waals surface area contributed by atoms with Crippen molar-refractivity contribution in [3.8, 4) is 5.88 Å². The molecule has 1 saturated heterocycles. The highest BCUT2D eigenvalue weighted by molar-refractivity contribution is 8.00. The summed E-state index contributed by atoms with van der Waals surface area (Å²) in [5, 5.41) is 13.4. The summed E-state index contributed by atoms with van der Waals surface area (Å²) in [7, 11) is 3.18. The number of halogens is 1. The molecule has 0 bridgehead atoms. The maximum absolute atomic E-state index is 14.6. The largest absolute Gasteiger partial charge is 0.481 e. The highest BCUT2D eigenvalue weighted by Crippen LogP contribution is 2.30. The highest BCUT2D eigenvalue weighted by Gasteiger charge is 2.33. The number of thioether (sulfide) groups is 1. The molecule has 3 aromatic rings. The van der Waals surface area contributed by atoms with E-state index in [1.165, 1.54) is 30.0 Å². The molecule has 194 valence electrons. The number of aliphatic hydroxyl groups excluding tert-OH is 1. The highest BCUT2D eigenvalue weighted by atomic mass is 32.2. The Kier molecular flexibility index (Phi) is 7.22. The number of ether oxygens (including phenoxy) is 1. The number of nitrogens with one attached hydrogen (secondary N) is 1. The van der Waals surface area contributed by atoms with Gasteiger partial charge >= 0.3 is 0 Å². The topological polar surface area (TPSA) is 121 Å². The molecule has 5 rings (SSSR count). The van der Waals surface area contributed by atoms with E-state index in [4.69, 9.17) is 4.74 Å². The van der Waals surface area contributed by atoms with Crippen LogP contribution < -0.4 is 10.1 Å². The maximum Gasteiger partial charge on any atom is 0.272 e. The molecule has 2 atom stereocenters. The fourth-order valence-corrected chi connectivity index (χ4v) is 5.47. The van der Waals surface area contributed by atoms with Gasteiger partial charge in [-0.05, 0) is 24.6 Å². The Labute approximate surface area is 217 Å². The lowest BCUT2D eigenvalue weighted by Crippen LogP contribution is -2.36. The number of hydrogen-bond acceptors (Lipinski definition) is 9. The smallest absolute Gasteiger partial charge is 0.272 e. The van der Waals surface area contributed by atoms with Crippen molar-refractivity contribution in [2.24, 2.45) is 5.92 Å². The lowest BCUT2D eigenvalue weighted by atomic mass is 10.1. The van der Waals surface area contributed by atoms with Crippen LogP contribution in [0, 0.1) is 11.7 Å². The third-order valence-corrected chi connectivity index (χ3v) is 7.70. The van der Waals surface area contributed by atoms with Gasteiger partial charge < -0.3 is 20.1 Å². The molecule has 0 saturated carbocycles. The molecule has 2 unspecified atom stereocenters. The number of anilines is 1. The van der Waals surface area contributed by atoms with Crippen molar-refractivity contribution in [1.82, 2.24) is 24.8 Å². The summed E-state index contributed by atoms with van der Waals surface area (Å²) in [5.74, 6) is 0.0826. The molecule has 12 heteroatoms. The summed E-state index contributed by atoms with van der Waals surface area (Å²) in [6, 6.07) is 6.86. The molecule has 0 radical (unpaired) electrons. The van der Waals surface area contributed by atoms with E-state index in [1.807, 2.05) is 0 Å². The Morgan fingerprint density at radius 1 is 1.30 bits per heavy atom. The molecule has 3 aromatic heterocycles.